The van der Waals surface area contributed by atoms with Crippen LogP contribution in [0.1, 0.15) is 64.7 Å². The maximum atomic E-state index is 3.96. The van der Waals surface area contributed by atoms with Crippen LogP contribution in [0.5, 0.6) is 0 Å². The summed E-state index contributed by atoms with van der Waals surface area (Å²) in [7, 11) is 2.35. The summed E-state index contributed by atoms with van der Waals surface area (Å²) in [6.45, 7) is 3.67. The van der Waals surface area contributed by atoms with Crippen LogP contribution >= 0.6 is 0 Å². The van der Waals surface area contributed by atoms with Crippen molar-refractivity contribution in [2.75, 3.05) is 13.6 Å². The smallest absolute Gasteiger partial charge is 0.00988 e. The molecule has 2 aliphatic heterocycles. The highest BCUT2D eigenvalue weighted by Gasteiger charge is 2.38. The summed E-state index contributed by atoms with van der Waals surface area (Å²) in [4.78, 5) is 2.66. The number of nitrogens with one attached hydrogen (secondary N) is 1. The molecule has 110 valence electrons. The number of piperidine rings is 1. The van der Waals surface area contributed by atoms with Gasteiger partial charge in [0, 0.05) is 18.1 Å². The molecule has 2 saturated heterocycles. The highest BCUT2D eigenvalue weighted by Crippen LogP contribution is 2.37. The first kappa shape index (κ1) is 13.9. The molecule has 2 nitrogen and oxygen atoms in total. The van der Waals surface area contributed by atoms with Crippen LogP contribution < -0.4 is 5.32 Å². The van der Waals surface area contributed by atoms with E-state index >= 15 is 0 Å². The fraction of sp³-hybridized carbons (Fsp3) is 1.00. The van der Waals surface area contributed by atoms with Crippen LogP contribution in [0.4, 0.5) is 0 Å². The third-order valence-electron chi connectivity index (χ3n) is 6.30. The zero-order valence-corrected chi connectivity index (χ0v) is 12.9. The molecule has 0 aromatic rings. The Labute approximate surface area is 119 Å². The number of hydrogen-bond acceptors (Lipinski definition) is 2. The Balaban J connectivity index is 1.47. The molecule has 0 amide bonds. The number of nitrogens with zero attached hydrogens (tertiary/aromatic N) is 1. The Morgan fingerprint density at radius 1 is 1.00 bits per heavy atom. The van der Waals surface area contributed by atoms with Crippen molar-refractivity contribution in [2.24, 2.45) is 11.8 Å². The monoisotopic (exact) mass is 264 g/mol. The summed E-state index contributed by atoms with van der Waals surface area (Å²) < 4.78 is 0. The van der Waals surface area contributed by atoms with Gasteiger partial charge in [-0.25, -0.2) is 0 Å². The van der Waals surface area contributed by atoms with Gasteiger partial charge in [-0.15, -0.1) is 0 Å². The fourth-order valence-electron chi connectivity index (χ4n) is 4.97. The molecule has 4 atom stereocenters. The average Bonchev–Trinajstić information content (AvgIpc) is 2.67. The van der Waals surface area contributed by atoms with Gasteiger partial charge in [0.1, 0.15) is 0 Å². The van der Waals surface area contributed by atoms with Crippen LogP contribution in [0.2, 0.25) is 0 Å². The van der Waals surface area contributed by atoms with E-state index in [4.69, 9.17) is 0 Å². The van der Waals surface area contributed by atoms with Crippen LogP contribution in [0.3, 0.4) is 0 Å². The Morgan fingerprint density at radius 2 is 1.68 bits per heavy atom. The van der Waals surface area contributed by atoms with E-state index in [1.165, 1.54) is 64.3 Å². The summed E-state index contributed by atoms with van der Waals surface area (Å²) in [5, 5.41) is 3.96. The normalized spacial score (nSPS) is 43.6. The van der Waals surface area contributed by atoms with Gasteiger partial charge in [-0.3, -0.25) is 0 Å². The van der Waals surface area contributed by atoms with Crippen LogP contribution in [0.15, 0.2) is 0 Å². The highest BCUT2D eigenvalue weighted by molar-refractivity contribution is 4.94. The largest absolute Gasteiger partial charge is 0.313 e. The van der Waals surface area contributed by atoms with Crippen LogP contribution in [-0.2, 0) is 0 Å². The lowest BCUT2D eigenvalue weighted by molar-refractivity contribution is 0.126. The van der Waals surface area contributed by atoms with Crippen molar-refractivity contribution in [2.45, 2.75) is 82.8 Å². The van der Waals surface area contributed by atoms with Crippen LogP contribution in [0.25, 0.3) is 0 Å². The van der Waals surface area contributed by atoms with E-state index in [1.54, 1.807) is 0 Å². The highest BCUT2D eigenvalue weighted by atomic mass is 15.2. The predicted molar refractivity (Wildman–Crippen MR) is 81.3 cm³/mol. The van der Waals surface area contributed by atoms with Crippen molar-refractivity contribution in [1.82, 2.24) is 10.2 Å². The van der Waals surface area contributed by atoms with E-state index in [9.17, 15) is 0 Å². The first-order valence-corrected chi connectivity index (χ1v) is 8.73. The summed E-state index contributed by atoms with van der Waals surface area (Å²) in [5.74, 6) is 1.91. The Bertz CT molecular complexity index is 277. The van der Waals surface area contributed by atoms with E-state index in [0.717, 1.165) is 30.0 Å². The zero-order valence-electron chi connectivity index (χ0n) is 12.9. The van der Waals surface area contributed by atoms with Crippen molar-refractivity contribution in [1.29, 1.82) is 0 Å². The van der Waals surface area contributed by atoms with Gasteiger partial charge in [0.2, 0.25) is 0 Å². The summed E-state index contributed by atoms with van der Waals surface area (Å²) >= 11 is 0. The topological polar surface area (TPSA) is 15.3 Å². The number of hydrogen-bond donors (Lipinski definition) is 1. The van der Waals surface area contributed by atoms with Crippen molar-refractivity contribution in [3.05, 3.63) is 0 Å². The van der Waals surface area contributed by atoms with E-state index < -0.39 is 0 Å². The molecule has 3 rings (SSSR count). The standard InChI is InChI=1S/C17H32N2/c1-3-14-6-4-5-7-17(14)18-12-13-10-15-8-9-16(11-13)19(15)2/h13-18H,3-12H2,1-2H3. The molecular formula is C17H32N2. The van der Waals surface area contributed by atoms with E-state index in [2.05, 4.69) is 24.2 Å². The minimum atomic E-state index is 0.830. The second-order valence-electron chi connectivity index (χ2n) is 7.36. The molecule has 0 radical (unpaired) electrons. The minimum Gasteiger partial charge on any atom is -0.313 e. The zero-order chi connectivity index (χ0) is 13.2. The molecule has 0 aromatic carbocycles. The van der Waals surface area contributed by atoms with Gasteiger partial charge >= 0.3 is 0 Å². The second kappa shape index (κ2) is 6.13. The van der Waals surface area contributed by atoms with Gasteiger partial charge in [-0.1, -0.05) is 26.2 Å². The molecule has 1 saturated carbocycles. The molecule has 0 aromatic heterocycles. The first-order chi connectivity index (χ1) is 9.28. The van der Waals surface area contributed by atoms with E-state index in [0.29, 0.717) is 0 Å². The quantitative estimate of drug-likeness (QED) is 0.837. The van der Waals surface area contributed by atoms with Gasteiger partial charge < -0.3 is 10.2 Å². The molecule has 2 heteroatoms. The lowest BCUT2D eigenvalue weighted by Crippen LogP contribution is -2.46. The van der Waals surface area contributed by atoms with Crippen molar-refractivity contribution >= 4 is 0 Å². The molecule has 1 N–H and O–H groups in total. The van der Waals surface area contributed by atoms with Gasteiger partial charge in [0.25, 0.3) is 0 Å². The molecule has 3 fully saturated rings. The van der Waals surface area contributed by atoms with E-state index in [1.807, 2.05) is 0 Å². The van der Waals surface area contributed by atoms with Gasteiger partial charge in [-0.2, -0.15) is 0 Å². The lowest BCUT2D eigenvalue weighted by Gasteiger charge is -2.38. The van der Waals surface area contributed by atoms with Gasteiger partial charge in [0.15, 0.2) is 0 Å². The Kier molecular flexibility index (Phi) is 4.48. The number of fused-ring (bicyclic) bond motifs is 2. The molecule has 4 unspecified atom stereocenters. The van der Waals surface area contributed by atoms with Crippen molar-refractivity contribution in [3.8, 4) is 0 Å². The predicted octanol–water partition coefficient (Wildman–Crippen LogP) is 3.42. The summed E-state index contributed by atoms with van der Waals surface area (Å²) in [6, 6.07) is 2.63. The van der Waals surface area contributed by atoms with Crippen molar-refractivity contribution < 1.29 is 0 Å². The van der Waals surface area contributed by atoms with Crippen LogP contribution in [-0.4, -0.2) is 36.6 Å². The third-order valence-corrected chi connectivity index (χ3v) is 6.30. The average molecular weight is 264 g/mol. The first-order valence-electron chi connectivity index (χ1n) is 8.73. The molecular weight excluding hydrogens is 232 g/mol. The summed E-state index contributed by atoms with van der Waals surface area (Å²) in [6.07, 6.45) is 13.0. The molecule has 2 heterocycles. The molecule has 3 aliphatic rings. The molecule has 1 aliphatic carbocycles. The maximum absolute atomic E-state index is 3.96. The van der Waals surface area contributed by atoms with E-state index in [-0.39, 0.29) is 0 Å². The van der Waals surface area contributed by atoms with Gasteiger partial charge in [-0.05, 0) is 64.0 Å². The SMILES string of the molecule is CCC1CCCCC1NCC1CC2CCC(C1)N2C. The van der Waals surface area contributed by atoms with Crippen molar-refractivity contribution in [3.63, 3.8) is 0 Å². The minimum absolute atomic E-state index is 0.830. The lowest BCUT2D eigenvalue weighted by atomic mass is 9.82. The third kappa shape index (κ3) is 3.00. The number of rotatable bonds is 4. The fourth-order valence-corrected chi connectivity index (χ4v) is 4.97. The molecule has 0 spiro atoms. The molecule has 19 heavy (non-hydrogen) atoms. The Hall–Kier alpha value is -0.0800. The maximum Gasteiger partial charge on any atom is 0.00988 e. The second-order valence-corrected chi connectivity index (χ2v) is 7.36. The summed E-state index contributed by atoms with van der Waals surface area (Å²) in [5.41, 5.74) is 0. The Morgan fingerprint density at radius 3 is 2.37 bits per heavy atom. The van der Waals surface area contributed by atoms with Crippen LogP contribution in [0, 0.1) is 11.8 Å². The van der Waals surface area contributed by atoms with Gasteiger partial charge in [0.05, 0.1) is 0 Å². The molecule has 2 bridgehead atoms.